The van der Waals surface area contributed by atoms with E-state index in [1.165, 1.54) is 11.3 Å². The van der Waals surface area contributed by atoms with Crippen molar-refractivity contribution in [3.8, 4) is 10.4 Å². The van der Waals surface area contributed by atoms with Gasteiger partial charge in [-0.15, -0.1) is 11.3 Å². The van der Waals surface area contributed by atoms with Gasteiger partial charge in [0.1, 0.15) is 0 Å². The number of carbonyl (C=O) groups is 2. The number of aromatic nitrogens is 3. The fourth-order valence-corrected chi connectivity index (χ4v) is 4.51. The normalized spacial score (nSPS) is 10.9. The number of thiophene rings is 1. The number of carbonyl (C=O) groups excluding carboxylic acids is 2. The fourth-order valence-electron chi connectivity index (χ4n) is 3.62. The standard InChI is InChI=1S/C26H21N5O2S/c1-31-21-10-9-19(28-16-22(32)17-6-3-2-4-7-17)14-20(21)29-26(31)30-25(33)24-12-11-23(34-24)18-8-5-13-27-15-18/h2-15,28H,16H2,1H3,(H,29,30,33). The largest absolute Gasteiger partial charge is 0.378 e. The van der Waals surface area contributed by atoms with Crippen molar-refractivity contribution in [1.82, 2.24) is 14.5 Å². The molecule has 0 spiro atoms. The van der Waals surface area contributed by atoms with Crippen LogP contribution < -0.4 is 10.6 Å². The lowest BCUT2D eigenvalue weighted by molar-refractivity contribution is 0.100. The number of aryl methyl sites for hydroxylation is 1. The van der Waals surface area contributed by atoms with Crippen molar-refractivity contribution >= 4 is 45.7 Å². The van der Waals surface area contributed by atoms with Crippen LogP contribution in [0.15, 0.2) is 85.2 Å². The first kappa shape index (κ1) is 21.5. The molecule has 1 amide bonds. The number of benzene rings is 2. The van der Waals surface area contributed by atoms with E-state index in [4.69, 9.17) is 0 Å². The van der Waals surface area contributed by atoms with Gasteiger partial charge in [-0.25, -0.2) is 4.98 Å². The first-order chi connectivity index (χ1) is 16.6. The van der Waals surface area contributed by atoms with Gasteiger partial charge in [-0.05, 0) is 36.4 Å². The van der Waals surface area contributed by atoms with Gasteiger partial charge in [-0.3, -0.25) is 19.9 Å². The van der Waals surface area contributed by atoms with E-state index in [0.29, 0.717) is 16.4 Å². The molecule has 0 fully saturated rings. The Balaban J connectivity index is 1.30. The average molecular weight is 468 g/mol. The summed E-state index contributed by atoms with van der Waals surface area (Å²) < 4.78 is 1.84. The van der Waals surface area contributed by atoms with E-state index >= 15 is 0 Å². The summed E-state index contributed by atoms with van der Waals surface area (Å²) in [6.07, 6.45) is 3.50. The second-order valence-corrected chi connectivity index (χ2v) is 8.78. The zero-order chi connectivity index (χ0) is 23.5. The molecule has 2 aromatic carbocycles. The maximum Gasteiger partial charge on any atom is 0.268 e. The van der Waals surface area contributed by atoms with Gasteiger partial charge in [0.05, 0.1) is 22.5 Å². The number of rotatable bonds is 7. The summed E-state index contributed by atoms with van der Waals surface area (Å²) in [5, 5.41) is 6.06. The number of nitrogens with zero attached hydrogens (tertiary/aromatic N) is 3. The summed E-state index contributed by atoms with van der Waals surface area (Å²) in [5.74, 6) is 0.246. The fraction of sp³-hybridized carbons (Fsp3) is 0.0769. The van der Waals surface area contributed by atoms with Gasteiger partial charge in [-0.2, -0.15) is 0 Å². The van der Waals surface area contributed by atoms with E-state index in [1.807, 2.05) is 66.2 Å². The van der Waals surface area contributed by atoms with Gasteiger partial charge in [0.25, 0.3) is 5.91 Å². The minimum absolute atomic E-state index is 0.0104. The lowest BCUT2D eigenvalue weighted by Crippen LogP contribution is -2.13. The number of amides is 1. The zero-order valence-corrected chi connectivity index (χ0v) is 19.2. The number of pyridine rings is 1. The third-order valence-electron chi connectivity index (χ3n) is 5.43. The highest BCUT2D eigenvalue weighted by Crippen LogP contribution is 2.28. The Morgan fingerprint density at radius 1 is 1.00 bits per heavy atom. The van der Waals surface area contributed by atoms with E-state index in [1.54, 1.807) is 30.6 Å². The number of hydrogen-bond acceptors (Lipinski definition) is 6. The molecule has 0 aliphatic heterocycles. The third kappa shape index (κ3) is 4.44. The predicted molar refractivity (Wildman–Crippen MR) is 135 cm³/mol. The molecule has 3 aromatic heterocycles. The minimum atomic E-state index is -0.217. The van der Waals surface area contributed by atoms with Crippen molar-refractivity contribution in [1.29, 1.82) is 0 Å². The molecule has 3 heterocycles. The van der Waals surface area contributed by atoms with Crippen LogP contribution in [0, 0.1) is 0 Å². The van der Waals surface area contributed by atoms with Gasteiger partial charge >= 0.3 is 0 Å². The highest BCUT2D eigenvalue weighted by Gasteiger charge is 2.15. The van der Waals surface area contributed by atoms with E-state index < -0.39 is 0 Å². The molecule has 2 N–H and O–H groups in total. The Bertz CT molecular complexity index is 1480. The van der Waals surface area contributed by atoms with Crippen LogP contribution in [0.5, 0.6) is 0 Å². The Kier molecular flexibility index (Phi) is 5.88. The number of hydrogen-bond donors (Lipinski definition) is 2. The molecule has 8 heteroatoms. The number of imidazole rings is 1. The smallest absolute Gasteiger partial charge is 0.268 e. The first-order valence-electron chi connectivity index (χ1n) is 10.7. The Labute approximate surface area is 200 Å². The van der Waals surface area contributed by atoms with Crippen molar-refractivity contribution in [2.45, 2.75) is 0 Å². The van der Waals surface area contributed by atoms with Crippen molar-refractivity contribution in [2.75, 3.05) is 17.2 Å². The summed E-state index contributed by atoms with van der Waals surface area (Å²) in [6, 6.07) is 22.4. The number of fused-ring (bicyclic) bond motifs is 1. The summed E-state index contributed by atoms with van der Waals surface area (Å²) >= 11 is 1.40. The van der Waals surface area contributed by atoms with Crippen LogP contribution in [-0.4, -0.2) is 32.8 Å². The Hall–Kier alpha value is -4.30. The van der Waals surface area contributed by atoms with E-state index in [0.717, 1.165) is 27.2 Å². The SMILES string of the molecule is Cn1c(NC(=O)c2ccc(-c3cccnc3)s2)nc2cc(NCC(=O)c3ccccc3)ccc21. The molecule has 0 atom stereocenters. The van der Waals surface area contributed by atoms with E-state index in [-0.39, 0.29) is 18.2 Å². The Morgan fingerprint density at radius 3 is 2.65 bits per heavy atom. The lowest BCUT2D eigenvalue weighted by atomic mass is 10.1. The zero-order valence-electron chi connectivity index (χ0n) is 18.4. The number of anilines is 2. The molecule has 34 heavy (non-hydrogen) atoms. The molecule has 5 rings (SSSR count). The number of ketones is 1. The van der Waals surface area contributed by atoms with Crippen LogP contribution in [0.1, 0.15) is 20.0 Å². The summed E-state index contributed by atoms with van der Waals surface area (Å²) in [6.45, 7) is 0.184. The molecule has 0 saturated carbocycles. The molecule has 0 unspecified atom stereocenters. The summed E-state index contributed by atoms with van der Waals surface area (Å²) in [5.41, 5.74) is 4.01. The third-order valence-corrected chi connectivity index (χ3v) is 6.56. The molecular formula is C26H21N5O2S. The highest BCUT2D eigenvalue weighted by molar-refractivity contribution is 7.17. The van der Waals surface area contributed by atoms with Crippen LogP contribution in [0.3, 0.4) is 0 Å². The molecule has 0 radical (unpaired) electrons. The first-order valence-corrected chi connectivity index (χ1v) is 11.5. The average Bonchev–Trinajstić information content (AvgIpc) is 3.49. The van der Waals surface area contributed by atoms with E-state index in [9.17, 15) is 9.59 Å². The van der Waals surface area contributed by atoms with Gasteiger partial charge in [0, 0.05) is 41.1 Å². The van der Waals surface area contributed by atoms with Crippen molar-refractivity contribution in [3.63, 3.8) is 0 Å². The monoisotopic (exact) mass is 467 g/mol. The molecule has 7 nitrogen and oxygen atoms in total. The van der Waals surface area contributed by atoms with E-state index in [2.05, 4.69) is 20.6 Å². The highest BCUT2D eigenvalue weighted by atomic mass is 32.1. The van der Waals surface area contributed by atoms with Gasteiger partial charge in [-0.1, -0.05) is 36.4 Å². The summed E-state index contributed by atoms with van der Waals surface area (Å²) in [7, 11) is 1.85. The number of Topliss-reactive ketones (excluding diaryl/α,β-unsaturated/α-hetero) is 1. The molecule has 0 aliphatic rings. The maximum atomic E-state index is 12.8. The topological polar surface area (TPSA) is 88.9 Å². The van der Waals surface area contributed by atoms with Gasteiger partial charge in [0.2, 0.25) is 5.95 Å². The Morgan fingerprint density at radius 2 is 1.85 bits per heavy atom. The second-order valence-electron chi connectivity index (χ2n) is 7.70. The summed E-state index contributed by atoms with van der Waals surface area (Å²) in [4.78, 5) is 35.5. The van der Waals surface area contributed by atoms with Crippen molar-refractivity contribution in [2.24, 2.45) is 7.05 Å². The van der Waals surface area contributed by atoms with Gasteiger partial charge < -0.3 is 9.88 Å². The number of nitrogens with one attached hydrogen (secondary N) is 2. The van der Waals surface area contributed by atoms with Crippen LogP contribution in [0.25, 0.3) is 21.5 Å². The molecular weight excluding hydrogens is 446 g/mol. The van der Waals surface area contributed by atoms with Crippen LogP contribution >= 0.6 is 11.3 Å². The van der Waals surface area contributed by atoms with Crippen LogP contribution in [-0.2, 0) is 7.05 Å². The van der Waals surface area contributed by atoms with Gasteiger partial charge in [0.15, 0.2) is 5.78 Å². The minimum Gasteiger partial charge on any atom is -0.378 e. The molecule has 0 saturated heterocycles. The van der Waals surface area contributed by atoms with Crippen LogP contribution in [0.4, 0.5) is 11.6 Å². The van der Waals surface area contributed by atoms with Crippen molar-refractivity contribution < 1.29 is 9.59 Å². The molecule has 5 aromatic rings. The quantitative estimate of drug-likeness (QED) is 0.320. The maximum absolute atomic E-state index is 12.8. The molecule has 168 valence electrons. The molecule has 0 bridgehead atoms. The second kappa shape index (κ2) is 9.29. The molecule has 0 aliphatic carbocycles. The lowest BCUT2D eigenvalue weighted by Gasteiger charge is -2.06. The predicted octanol–water partition coefficient (Wildman–Crippen LogP) is 5.24. The van der Waals surface area contributed by atoms with Crippen LogP contribution in [0.2, 0.25) is 0 Å². The van der Waals surface area contributed by atoms with Crippen molar-refractivity contribution in [3.05, 3.63) is 95.6 Å².